The van der Waals surface area contributed by atoms with Gasteiger partial charge in [0.2, 0.25) is 0 Å². The third-order valence-corrected chi connectivity index (χ3v) is 3.49. The summed E-state index contributed by atoms with van der Waals surface area (Å²) in [4.78, 5) is 13.9. The number of carbonyl (C=O) groups excluding carboxylic acids is 1. The third-order valence-electron chi connectivity index (χ3n) is 3.49. The molecular formula is C15H22N2O2. The second kappa shape index (κ2) is 6.06. The molecule has 0 radical (unpaired) electrons. The highest BCUT2D eigenvalue weighted by Gasteiger charge is 2.25. The van der Waals surface area contributed by atoms with Crippen molar-refractivity contribution < 1.29 is 9.90 Å². The van der Waals surface area contributed by atoms with Crippen LogP contribution in [0.15, 0.2) is 24.3 Å². The zero-order valence-corrected chi connectivity index (χ0v) is 11.6. The zero-order chi connectivity index (χ0) is 13.8. The molecule has 1 unspecified atom stereocenters. The highest BCUT2D eigenvalue weighted by atomic mass is 16.3. The molecule has 19 heavy (non-hydrogen) atoms. The minimum absolute atomic E-state index is 0.0424. The van der Waals surface area contributed by atoms with Crippen molar-refractivity contribution in [1.29, 1.82) is 0 Å². The topological polar surface area (TPSA) is 52.6 Å². The molecule has 1 saturated carbocycles. The number of carbonyl (C=O) groups is 1. The standard InChI is InChI=1S/C15H22N2O2/c1-3-17(10-12-4-5-12)15(19)16-14-8-6-13(7-9-14)11(2)18/h6-9,11-12,18H,3-5,10H2,1-2H3,(H,16,19). The van der Waals surface area contributed by atoms with E-state index in [1.807, 2.05) is 36.1 Å². The van der Waals surface area contributed by atoms with Gasteiger partial charge in [0, 0.05) is 18.8 Å². The fourth-order valence-corrected chi connectivity index (χ4v) is 2.02. The van der Waals surface area contributed by atoms with Gasteiger partial charge < -0.3 is 15.3 Å². The van der Waals surface area contributed by atoms with Crippen LogP contribution in [0.3, 0.4) is 0 Å². The van der Waals surface area contributed by atoms with Gasteiger partial charge in [-0.3, -0.25) is 0 Å². The summed E-state index contributed by atoms with van der Waals surface area (Å²) in [5.74, 6) is 0.698. The summed E-state index contributed by atoms with van der Waals surface area (Å²) in [5, 5.41) is 12.3. The molecule has 0 aliphatic heterocycles. The number of hydrogen-bond acceptors (Lipinski definition) is 2. The summed E-state index contributed by atoms with van der Waals surface area (Å²) in [5.41, 5.74) is 1.62. The maximum absolute atomic E-state index is 12.1. The number of hydrogen-bond donors (Lipinski definition) is 2. The van der Waals surface area contributed by atoms with E-state index in [1.165, 1.54) is 12.8 Å². The first-order valence-electron chi connectivity index (χ1n) is 6.94. The molecule has 2 amide bonds. The molecule has 0 heterocycles. The number of rotatable bonds is 5. The molecule has 0 bridgehead atoms. The van der Waals surface area contributed by atoms with Crippen molar-refractivity contribution in [3.63, 3.8) is 0 Å². The number of aliphatic hydroxyl groups excluding tert-OH is 1. The summed E-state index contributed by atoms with van der Waals surface area (Å²) in [6.07, 6.45) is 2.01. The van der Waals surface area contributed by atoms with E-state index >= 15 is 0 Å². The number of nitrogens with one attached hydrogen (secondary N) is 1. The first-order chi connectivity index (χ1) is 9.10. The molecule has 4 heteroatoms. The van der Waals surface area contributed by atoms with Gasteiger partial charge in [0.1, 0.15) is 0 Å². The Morgan fingerprint density at radius 3 is 2.53 bits per heavy atom. The Bertz CT molecular complexity index is 424. The average molecular weight is 262 g/mol. The number of aliphatic hydroxyl groups is 1. The van der Waals surface area contributed by atoms with E-state index in [-0.39, 0.29) is 6.03 Å². The van der Waals surface area contributed by atoms with Crippen molar-refractivity contribution in [2.75, 3.05) is 18.4 Å². The highest BCUT2D eigenvalue weighted by molar-refractivity contribution is 5.89. The van der Waals surface area contributed by atoms with E-state index in [0.29, 0.717) is 5.92 Å². The zero-order valence-electron chi connectivity index (χ0n) is 11.6. The molecule has 0 spiro atoms. The van der Waals surface area contributed by atoms with E-state index in [1.54, 1.807) is 6.92 Å². The lowest BCUT2D eigenvalue weighted by atomic mass is 10.1. The van der Waals surface area contributed by atoms with Gasteiger partial charge in [0.25, 0.3) is 0 Å². The van der Waals surface area contributed by atoms with Crippen LogP contribution in [-0.4, -0.2) is 29.1 Å². The SMILES string of the molecule is CCN(CC1CC1)C(=O)Nc1ccc(C(C)O)cc1. The predicted molar refractivity (Wildman–Crippen MR) is 76.1 cm³/mol. The Kier molecular flexibility index (Phi) is 4.43. The van der Waals surface area contributed by atoms with Crippen LogP contribution in [0.5, 0.6) is 0 Å². The fourth-order valence-electron chi connectivity index (χ4n) is 2.02. The van der Waals surface area contributed by atoms with Crippen LogP contribution in [-0.2, 0) is 0 Å². The van der Waals surface area contributed by atoms with E-state index in [2.05, 4.69) is 5.32 Å². The maximum Gasteiger partial charge on any atom is 0.321 e. The van der Waals surface area contributed by atoms with E-state index in [4.69, 9.17) is 0 Å². The molecule has 1 atom stereocenters. The lowest BCUT2D eigenvalue weighted by Crippen LogP contribution is -2.36. The molecule has 1 aromatic carbocycles. The van der Waals surface area contributed by atoms with Crippen LogP contribution in [0.4, 0.5) is 10.5 Å². The quantitative estimate of drug-likeness (QED) is 0.857. The molecule has 1 aliphatic rings. The van der Waals surface area contributed by atoms with Crippen LogP contribution in [0, 0.1) is 5.92 Å². The summed E-state index contributed by atoms with van der Waals surface area (Å²) < 4.78 is 0. The molecule has 104 valence electrons. The van der Waals surface area contributed by atoms with Crippen molar-refractivity contribution in [3.05, 3.63) is 29.8 Å². The molecule has 1 aliphatic carbocycles. The fraction of sp³-hybridized carbons (Fsp3) is 0.533. The van der Waals surface area contributed by atoms with Gasteiger partial charge in [0.05, 0.1) is 6.10 Å². The van der Waals surface area contributed by atoms with Crippen LogP contribution in [0.25, 0.3) is 0 Å². The minimum Gasteiger partial charge on any atom is -0.389 e. The smallest absolute Gasteiger partial charge is 0.321 e. The number of benzene rings is 1. The van der Waals surface area contributed by atoms with Crippen LogP contribution in [0.2, 0.25) is 0 Å². The molecule has 0 saturated heterocycles. The monoisotopic (exact) mass is 262 g/mol. The van der Waals surface area contributed by atoms with E-state index in [0.717, 1.165) is 24.3 Å². The highest BCUT2D eigenvalue weighted by Crippen LogP contribution is 2.29. The predicted octanol–water partition coefficient (Wildman–Crippen LogP) is 3.00. The summed E-state index contributed by atoms with van der Waals surface area (Å²) >= 11 is 0. The first-order valence-corrected chi connectivity index (χ1v) is 6.94. The van der Waals surface area contributed by atoms with Gasteiger partial charge >= 0.3 is 6.03 Å². The average Bonchev–Trinajstić information content (AvgIpc) is 3.20. The van der Waals surface area contributed by atoms with Gasteiger partial charge in [-0.25, -0.2) is 4.79 Å². The summed E-state index contributed by atoms with van der Waals surface area (Å²) in [6.45, 7) is 5.31. The van der Waals surface area contributed by atoms with E-state index < -0.39 is 6.10 Å². The number of urea groups is 1. The maximum atomic E-state index is 12.1. The molecular weight excluding hydrogens is 240 g/mol. The second-order valence-corrected chi connectivity index (χ2v) is 5.21. The van der Waals surface area contributed by atoms with Gasteiger partial charge in [-0.15, -0.1) is 0 Å². The largest absolute Gasteiger partial charge is 0.389 e. The Balaban J connectivity index is 1.92. The van der Waals surface area contributed by atoms with Gasteiger partial charge in [-0.2, -0.15) is 0 Å². The second-order valence-electron chi connectivity index (χ2n) is 5.21. The molecule has 0 aromatic heterocycles. The van der Waals surface area contributed by atoms with Crippen LogP contribution >= 0.6 is 0 Å². The van der Waals surface area contributed by atoms with Crippen molar-refractivity contribution in [2.45, 2.75) is 32.8 Å². The molecule has 1 aromatic rings. The first kappa shape index (κ1) is 13.9. The van der Waals surface area contributed by atoms with Crippen molar-refractivity contribution >= 4 is 11.7 Å². The van der Waals surface area contributed by atoms with Crippen molar-refractivity contribution in [1.82, 2.24) is 4.90 Å². The molecule has 2 N–H and O–H groups in total. The molecule has 1 fully saturated rings. The summed E-state index contributed by atoms with van der Waals surface area (Å²) in [6, 6.07) is 7.27. The van der Waals surface area contributed by atoms with Gasteiger partial charge in [0.15, 0.2) is 0 Å². The van der Waals surface area contributed by atoms with Crippen molar-refractivity contribution in [2.24, 2.45) is 5.92 Å². The Morgan fingerprint density at radius 2 is 2.05 bits per heavy atom. The van der Waals surface area contributed by atoms with Crippen LogP contribution in [0.1, 0.15) is 38.4 Å². The Labute approximate surface area is 114 Å². The van der Waals surface area contributed by atoms with Crippen LogP contribution < -0.4 is 5.32 Å². The third kappa shape index (κ3) is 3.96. The van der Waals surface area contributed by atoms with Gasteiger partial charge in [-0.1, -0.05) is 12.1 Å². The Hall–Kier alpha value is -1.55. The lowest BCUT2D eigenvalue weighted by Gasteiger charge is -2.21. The normalized spacial score (nSPS) is 15.9. The minimum atomic E-state index is -0.480. The number of amides is 2. The molecule has 2 rings (SSSR count). The number of nitrogens with zero attached hydrogens (tertiary/aromatic N) is 1. The van der Waals surface area contributed by atoms with E-state index in [9.17, 15) is 9.90 Å². The van der Waals surface area contributed by atoms with Gasteiger partial charge in [-0.05, 0) is 50.3 Å². The number of anilines is 1. The summed E-state index contributed by atoms with van der Waals surface area (Å²) in [7, 11) is 0. The lowest BCUT2D eigenvalue weighted by molar-refractivity contribution is 0.199. The Morgan fingerprint density at radius 1 is 1.42 bits per heavy atom. The van der Waals surface area contributed by atoms with Crippen molar-refractivity contribution in [3.8, 4) is 0 Å². The molecule has 4 nitrogen and oxygen atoms in total.